The normalized spacial score (nSPS) is 10.4. The third-order valence-corrected chi connectivity index (χ3v) is 4.87. The highest BCUT2D eigenvalue weighted by Gasteiger charge is 2.14. The Morgan fingerprint density at radius 3 is 3.05 bits per heavy atom. The predicted molar refractivity (Wildman–Crippen MR) is 84.7 cm³/mol. The molecule has 1 amide bonds. The molecular weight excluding hydrogens is 360 g/mol. The standard InChI is InChI=1S/C12H13BrN4OS2/c1-2-5-17(6-9-3-4-10(13)20-9)11(18)7-19-12-14-8-15-16-12/h2-4,8H,1,5-7H2,(H,14,15,16). The molecule has 1 N–H and O–H groups in total. The Bertz CT molecular complexity index is 570. The van der Waals surface area contributed by atoms with Gasteiger partial charge < -0.3 is 4.90 Å². The van der Waals surface area contributed by atoms with Crippen molar-refractivity contribution in [3.05, 3.63) is 39.8 Å². The summed E-state index contributed by atoms with van der Waals surface area (Å²) in [6.07, 6.45) is 3.16. The Labute approximate surface area is 133 Å². The van der Waals surface area contributed by atoms with Gasteiger partial charge in [-0.15, -0.1) is 17.9 Å². The zero-order chi connectivity index (χ0) is 14.4. The SMILES string of the molecule is C=CCN(Cc1ccc(Br)s1)C(=O)CSc1ncn[nH]1. The molecule has 0 unspecified atom stereocenters. The summed E-state index contributed by atoms with van der Waals surface area (Å²) < 4.78 is 1.06. The highest BCUT2D eigenvalue weighted by Crippen LogP contribution is 2.23. The van der Waals surface area contributed by atoms with Crippen LogP contribution in [0, 0.1) is 0 Å². The molecule has 5 nitrogen and oxygen atoms in total. The van der Waals surface area contributed by atoms with Crippen molar-refractivity contribution in [1.82, 2.24) is 20.1 Å². The van der Waals surface area contributed by atoms with Crippen molar-refractivity contribution in [2.45, 2.75) is 11.7 Å². The zero-order valence-electron chi connectivity index (χ0n) is 10.6. The topological polar surface area (TPSA) is 61.9 Å². The molecule has 8 heteroatoms. The number of hydrogen-bond donors (Lipinski definition) is 1. The van der Waals surface area contributed by atoms with Gasteiger partial charge in [-0.2, -0.15) is 5.10 Å². The van der Waals surface area contributed by atoms with E-state index >= 15 is 0 Å². The molecule has 0 aromatic carbocycles. The number of thiophene rings is 1. The number of aromatic nitrogens is 3. The number of thioether (sulfide) groups is 1. The molecular formula is C12H13BrN4OS2. The highest BCUT2D eigenvalue weighted by atomic mass is 79.9. The molecule has 20 heavy (non-hydrogen) atoms. The highest BCUT2D eigenvalue weighted by molar-refractivity contribution is 9.11. The molecule has 0 aliphatic heterocycles. The van der Waals surface area contributed by atoms with Crippen LogP contribution in [0.15, 0.2) is 40.1 Å². The first kappa shape index (κ1) is 15.3. The second kappa shape index (κ2) is 7.61. The lowest BCUT2D eigenvalue weighted by atomic mass is 10.4. The second-order valence-corrected chi connectivity index (χ2v) is 7.36. The quantitative estimate of drug-likeness (QED) is 0.599. The van der Waals surface area contributed by atoms with Gasteiger partial charge in [0.1, 0.15) is 6.33 Å². The van der Waals surface area contributed by atoms with Crippen LogP contribution in [0.5, 0.6) is 0 Å². The molecule has 0 saturated carbocycles. The lowest BCUT2D eigenvalue weighted by molar-refractivity contribution is -0.128. The fourth-order valence-electron chi connectivity index (χ4n) is 1.52. The minimum atomic E-state index is 0.0517. The van der Waals surface area contributed by atoms with Crippen molar-refractivity contribution >= 4 is 44.9 Å². The van der Waals surface area contributed by atoms with E-state index in [0.717, 1.165) is 8.66 Å². The molecule has 0 bridgehead atoms. The van der Waals surface area contributed by atoms with E-state index in [-0.39, 0.29) is 5.91 Å². The van der Waals surface area contributed by atoms with Gasteiger partial charge in [0.25, 0.3) is 0 Å². The molecule has 0 spiro atoms. The van der Waals surface area contributed by atoms with E-state index in [2.05, 4.69) is 37.7 Å². The fraction of sp³-hybridized carbons (Fsp3) is 0.250. The molecule has 0 fully saturated rings. The van der Waals surface area contributed by atoms with Crippen LogP contribution in [0.4, 0.5) is 0 Å². The number of halogens is 1. The van der Waals surface area contributed by atoms with Crippen LogP contribution < -0.4 is 0 Å². The van der Waals surface area contributed by atoms with E-state index < -0.39 is 0 Å². The first-order valence-electron chi connectivity index (χ1n) is 5.80. The van der Waals surface area contributed by atoms with Gasteiger partial charge in [-0.3, -0.25) is 9.89 Å². The van der Waals surface area contributed by atoms with Gasteiger partial charge in [0.05, 0.1) is 16.1 Å². The first-order chi connectivity index (χ1) is 9.69. The van der Waals surface area contributed by atoms with Crippen molar-refractivity contribution in [1.29, 1.82) is 0 Å². The summed E-state index contributed by atoms with van der Waals surface area (Å²) in [5.41, 5.74) is 0. The maximum absolute atomic E-state index is 12.2. The number of nitrogens with one attached hydrogen (secondary N) is 1. The molecule has 106 valence electrons. The van der Waals surface area contributed by atoms with Crippen LogP contribution in [0.3, 0.4) is 0 Å². The molecule has 0 atom stereocenters. The van der Waals surface area contributed by atoms with Gasteiger partial charge >= 0.3 is 0 Å². The molecule has 2 aromatic rings. The molecule has 0 aliphatic rings. The van der Waals surface area contributed by atoms with Crippen LogP contribution in [0.1, 0.15) is 4.88 Å². The van der Waals surface area contributed by atoms with E-state index in [9.17, 15) is 4.79 Å². The number of rotatable bonds is 7. The van der Waals surface area contributed by atoms with Crippen molar-refractivity contribution < 1.29 is 4.79 Å². The number of carbonyl (C=O) groups is 1. The van der Waals surface area contributed by atoms with E-state index in [1.165, 1.54) is 18.1 Å². The maximum atomic E-state index is 12.2. The van der Waals surface area contributed by atoms with Crippen LogP contribution in [-0.2, 0) is 11.3 Å². The second-order valence-electron chi connectivity index (χ2n) is 3.85. The molecule has 0 saturated heterocycles. The average Bonchev–Trinajstić information content (AvgIpc) is 3.07. The van der Waals surface area contributed by atoms with E-state index in [4.69, 9.17) is 0 Å². The van der Waals surface area contributed by atoms with Gasteiger partial charge in [-0.1, -0.05) is 17.8 Å². The Balaban J connectivity index is 1.92. The van der Waals surface area contributed by atoms with E-state index in [1.807, 2.05) is 12.1 Å². The molecule has 2 aromatic heterocycles. The first-order valence-corrected chi connectivity index (χ1v) is 8.39. The summed E-state index contributed by atoms with van der Waals surface area (Å²) in [5, 5.41) is 7.12. The Morgan fingerprint density at radius 1 is 1.60 bits per heavy atom. The largest absolute Gasteiger partial charge is 0.333 e. The van der Waals surface area contributed by atoms with Gasteiger partial charge in [-0.25, -0.2) is 4.98 Å². The van der Waals surface area contributed by atoms with Gasteiger partial charge in [0.15, 0.2) is 5.16 Å². The molecule has 0 aliphatic carbocycles. The Kier molecular flexibility index (Phi) is 5.81. The van der Waals surface area contributed by atoms with E-state index in [0.29, 0.717) is 24.0 Å². The number of hydrogen-bond acceptors (Lipinski definition) is 5. The third kappa shape index (κ3) is 4.46. The third-order valence-electron chi connectivity index (χ3n) is 2.40. The summed E-state index contributed by atoms with van der Waals surface area (Å²) in [6, 6.07) is 4.00. The predicted octanol–water partition coefficient (Wildman–Crippen LogP) is 2.94. The van der Waals surface area contributed by atoms with E-state index in [1.54, 1.807) is 22.3 Å². The van der Waals surface area contributed by atoms with Crippen molar-refractivity contribution in [3.8, 4) is 0 Å². The Hall–Kier alpha value is -1.12. The molecule has 0 radical (unpaired) electrons. The number of amides is 1. The Morgan fingerprint density at radius 2 is 2.45 bits per heavy atom. The van der Waals surface area contributed by atoms with Gasteiger partial charge in [0.2, 0.25) is 5.91 Å². The van der Waals surface area contributed by atoms with Crippen LogP contribution in [0.2, 0.25) is 0 Å². The van der Waals surface area contributed by atoms with Gasteiger partial charge in [-0.05, 0) is 28.1 Å². The minimum Gasteiger partial charge on any atom is -0.333 e. The summed E-state index contributed by atoms with van der Waals surface area (Å²) in [4.78, 5) is 19.1. The number of H-pyrrole nitrogens is 1. The summed E-state index contributed by atoms with van der Waals surface area (Å²) in [7, 11) is 0. The number of aromatic amines is 1. The van der Waals surface area contributed by atoms with Crippen molar-refractivity contribution in [2.75, 3.05) is 12.3 Å². The number of carbonyl (C=O) groups excluding carboxylic acids is 1. The smallest absolute Gasteiger partial charge is 0.233 e. The molecule has 2 rings (SSSR count). The fourth-order valence-corrected chi connectivity index (χ4v) is 3.70. The monoisotopic (exact) mass is 372 g/mol. The van der Waals surface area contributed by atoms with Gasteiger partial charge in [0, 0.05) is 11.4 Å². The molecule has 2 heterocycles. The van der Waals surface area contributed by atoms with Crippen LogP contribution in [-0.4, -0.2) is 38.3 Å². The van der Waals surface area contributed by atoms with Crippen molar-refractivity contribution in [3.63, 3.8) is 0 Å². The summed E-state index contributed by atoms with van der Waals surface area (Å²) in [5.74, 6) is 0.381. The number of nitrogens with zero attached hydrogens (tertiary/aromatic N) is 3. The summed E-state index contributed by atoms with van der Waals surface area (Å²) in [6.45, 7) is 4.83. The zero-order valence-corrected chi connectivity index (χ0v) is 13.8. The average molecular weight is 373 g/mol. The lowest BCUT2D eigenvalue weighted by Gasteiger charge is -2.19. The summed E-state index contributed by atoms with van der Waals surface area (Å²) >= 11 is 6.40. The van der Waals surface area contributed by atoms with Crippen LogP contribution in [0.25, 0.3) is 0 Å². The van der Waals surface area contributed by atoms with Crippen molar-refractivity contribution in [2.24, 2.45) is 0 Å². The van der Waals surface area contributed by atoms with Crippen LogP contribution >= 0.6 is 39.0 Å². The maximum Gasteiger partial charge on any atom is 0.233 e. The lowest BCUT2D eigenvalue weighted by Crippen LogP contribution is -2.31. The minimum absolute atomic E-state index is 0.0517.